The first-order chi connectivity index (χ1) is 11.2. The molecule has 0 amide bonds. The summed E-state index contributed by atoms with van der Waals surface area (Å²) in [6.45, 7) is 4.05. The van der Waals surface area contributed by atoms with Gasteiger partial charge in [-0.3, -0.25) is 0 Å². The van der Waals surface area contributed by atoms with Crippen molar-refractivity contribution in [3.05, 3.63) is 47.9 Å². The first-order valence-corrected chi connectivity index (χ1v) is 7.55. The van der Waals surface area contributed by atoms with E-state index in [1.54, 1.807) is 12.3 Å². The zero-order valence-corrected chi connectivity index (χ0v) is 13.0. The van der Waals surface area contributed by atoms with E-state index >= 15 is 0 Å². The minimum atomic E-state index is -0.287. The van der Waals surface area contributed by atoms with Crippen molar-refractivity contribution in [1.29, 1.82) is 0 Å². The molecule has 2 N–H and O–H groups in total. The predicted molar refractivity (Wildman–Crippen MR) is 87.5 cm³/mol. The van der Waals surface area contributed by atoms with Crippen LogP contribution in [0.15, 0.2) is 36.5 Å². The number of nitrogens with two attached hydrogens (primary N) is 1. The molecule has 2 aromatic heterocycles. The number of ether oxygens (including phenoxy) is 1. The van der Waals surface area contributed by atoms with Crippen molar-refractivity contribution >= 4 is 11.2 Å². The van der Waals surface area contributed by atoms with Gasteiger partial charge in [-0.05, 0) is 30.7 Å². The highest BCUT2D eigenvalue weighted by molar-refractivity contribution is 5.77. The Labute approximate surface area is 133 Å². The Morgan fingerprint density at radius 2 is 2.13 bits per heavy atom. The fourth-order valence-corrected chi connectivity index (χ4v) is 2.51. The van der Waals surface area contributed by atoms with E-state index in [2.05, 4.69) is 9.97 Å². The molecule has 5 nitrogen and oxygen atoms in total. The Kier molecular flexibility index (Phi) is 4.64. The molecule has 0 saturated carbocycles. The van der Waals surface area contributed by atoms with Gasteiger partial charge in [0, 0.05) is 24.8 Å². The number of benzene rings is 1. The van der Waals surface area contributed by atoms with Crippen LogP contribution in [-0.4, -0.2) is 34.3 Å². The highest BCUT2D eigenvalue weighted by Gasteiger charge is 2.14. The van der Waals surface area contributed by atoms with Crippen molar-refractivity contribution < 1.29 is 9.13 Å². The van der Waals surface area contributed by atoms with Crippen molar-refractivity contribution in [3.8, 4) is 11.4 Å². The lowest BCUT2D eigenvalue weighted by Gasteiger charge is -2.09. The molecule has 0 aliphatic carbocycles. The van der Waals surface area contributed by atoms with E-state index < -0.39 is 0 Å². The van der Waals surface area contributed by atoms with E-state index in [-0.39, 0.29) is 5.82 Å². The van der Waals surface area contributed by atoms with E-state index in [0.717, 1.165) is 22.3 Å². The highest BCUT2D eigenvalue weighted by atomic mass is 19.1. The van der Waals surface area contributed by atoms with Gasteiger partial charge in [-0.25, -0.2) is 14.4 Å². The van der Waals surface area contributed by atoms with Crippen molar-refractivity contribution in [2.75, 3.05) is 19.8 Å². The number of pyridine rings is 1. The molecule has 0 unspecified atom stereocenters. The van der Waals surface area contributed by atoms with Crippen LogP contribution < -0.4 is 5.73 Å². The van der Waals surface area contributed by atoms with E-state index in [0.29, 0.717) is 32.1 Å². The first-order valence-electron chi connectivity index (χ1n) is 7.55. The topological polar surface area (TPSA) is 66.0 Å². The lowest BCUT2D eigenvalue weighted by atomic mass is 10.2. The zero-order chi connectivity index (χ0) is 16.2. The van der Waals surface area contributed by atoms with Crippen molar-refractivity contribution in [3.63, 3.8) is 0 Å². The lowest BCUT2D eigenvalue weighted by Crippen LogP contribution is -2.13. The molecule has 120 valence electrons. The van der Waals surface area contributed by atoms with Crippen LogP contribution in [0.4, 0.5) is 4.39 Å². The second kappa shape index (κ2) is 6.85. The van der Waals surface area contributed by atoms with Crippen molar-refractivity contribution in [2.45, 2.75) is 13.5 Å². The molecule has 0 aliphatic rings. The lowest BCUT2D eigenvalue weighted by molar-refractivity contribution is 0.134. The average Bonchev–Trinajstić information content (AvgIpc) is 2.89. The van der Waals surface area contributed by atoms with Gasteiger partial charge in [-0.1, -0.05) is 12.1 Å². The third-order valence-electron chi connectivity index (χ3n) is 3.53. The normalized spacial score (nSPS) is 11.3. The fraction of sp³-hybridized carbons (Fsp3) is 0.294. The number of nitrogens with zero attached hydrogens (tertiary/aromatic N) is 3. The summed E-state index contributed by atoms with van der Waals surface area (Å²) >= 11 is 0. The van der Waals surface area contributed by atoms with E-state index in [9.17, 15) is 4.39 Å². The number of imidazole rings is 1. The number of fused-ring (bicyclic) bond motifs is 1. The second-order valence-electron chi connectivity index (χ2n) is 5.35. The Morgan fingerprint density at radius 3 is 2.91 bits per heavy atom. The molecule has 0 bridgehead atoms. The molecular formula is C17H19FN4O. The third kappa shape index (κ3) is 3.38. The second-order valence-corrected chi connectivity index (χ2v) is 5.35. The largest absolute Gasteiger partial charge is 0.378 e. The van der Waals surface area contributed by atoms with Crippen molar-refractivity contribution in [1.82, 2.24) is 14.5 Å². The number of aryl methyl sites for hydroxylation is 1. The molecule has 6 heteroatoms. The molecule has 0 aliphatic heterocycles. The number of aromatic nitrogens is 3. The molecule has 1 aromatic carbocycles. The molecule has 3 rings (SSSR count). The summed E-state index contributed by atoms with van der Waals surface area (Å²) < 4.78 is 21.0. The maximum atomic E-state index is 13.6. The fourth-order valence-electron chi connectivity index (χ4n) is 2.51. The first kappa shape index (κ1) is 15.6. The summed E-state index contributed by atoms with van der Waals surface area (Å²) in [5.74, 6) is 0.401. The van der Waals surface area contributed by atoms with Crippen LogP contribution in [0, 0.1) is 12.7 Å². The number of hydrogen-bond acceptors (Lipinski definition) is 4. The summed E-state index contributed by atoms with van der Waals surface area (Å²) in [4.78, 5) is 9.11. The SMILES string of the molecule is Cc1cnc2c(c1)nc(-c1cccc(F)c1)n2CCOCCN. The van der Waals surface area contributed by atoms with Crippen LogP contribution >= 0.6 is 0 Å². The van der Waals surface area contributed by atoms with Gasteiger partial charge in [0.15, 0.2) is 5.65 Å². The van der Waals surface area contributed by atoms with E-state index in [1.165, 1.54) is 12.1 Å². The molecule has 2 heterocycles. The molecule has 0 fully saturated rings. The molecule has 3 aromatic rings. The van der Waals surface area contributed by atoms with E-state index in [4.69, 9.17) is 10.5 Å². The summed E-state index contributed by atoms with van der Waals surface area (Å²) in [6, 6.07) is 8.39. The van der Waals surface area contributed by atoms with Gasteiger partial charge in [0.25, 0.3) is 0 Å². The highest BCUT2D eigenvalue weighted by Crippen LogP contribution is 2.24. The minimum Gasteiger partial charge on any atom is -0.378 e. The van der Waals surface area contributed by atoms with Crippen LogP contribution in [0.3, 0.4) is 0 Å². The van der Waals surface area contributed by atoms with E-state index in [1.807, 2.05) is 23.6 Å². The van der Waals surface area contributed by atoms with Crippen LogP contribution in [0.1, 0.15) is 5.56 Å². The number of hydrogen-bond donors (Lipinski definition) is 1. The van der Waals surface area contributed by atoms with Gasteiger partial charge >= 0.3 is 0 Å². The number of rotatable bonds is 6. The van der Waals surface area contributed by atoms with Gasteiger partial charge in [-0.2, -0.15) is 0 Å². The van der Waals surface area contributed by atoms with Gasteiger partial charge in [0.1, 0.15) is 17.2 Å². The molecule has 0 saturated heterocycles. The van der Waals surface area contributed by atoms with Gasteiger partial charge in [0.05, 0.1) is 13.2 Å². The summed E-state index contributed by atoms with van der Waals surface area (Å²) in [5.41, 5.74) is 8.76. The average molecular weight is 314 g/mol. The zero-order valence-electron chi connectivity index (χ0n) is 13.0. The quantitative estimate of drug-likeness (QED) is 0.710. The van der Waals surface area contributed by atoms with Crippen LogP contribution in [-0.2, 0) is 11.3 Å². The predicted octanol–water partition coefficient (Wildman–Crippen LogP) is 2.52. The Morgan fingerprint density at radius 1 is 1.26 bits per heavy atom. The van der Waals surface area contributed by atoms with Crippen LogP contribution in [0.25, 0.3) is 22.6 Å². The molecule has 0 radical (unpaired) electrons. The number of halogens is 1. The third-order valence-corrected chi connectivity index (χ3v) is 3.53. The summed E-state index contributed by atoms with van der Waals surface area (Å²) in [5, 5.41) is 0. The molecular weight excluding hydrogens is 295 g/mol. The van der Waals surface area contributed by atoms with Gasteiger partial charge < -0.3 is 15.0 Å². The maximum Gasteiger partial charge on any atom is 0.160 e. The van der Waals surface area contributed by atoms with Crippen LogP contribution in [0.2, 0.25) is 0 Å². The minimum absolute atomic E-state index is 0.287. The standard InChI is InChI=1S/C17H19FN4O/c1-12-9-15-17(20-11-12)22(6-8-23-7-5-19)16(21-15)13-3-2-4-14(18)10-13/h2-4,9-11H,5-8,19H2,1H3. The summed E-state index contributed by atoms with van der Waals surface area (Å²) in [7, 11) is 0. The Balaban J connectivity index is 2.04. The van der Waals surface area contributed by atoms with Crippen LogP contribution in [0.5, 0.6) is 0 Å². The van der Waals surface area contributed by atoms with Crippen molar-refractivity contribution in [2.24, 2.45) is 5.73 Å². The molecule has 0 atom stereocenters. The Hall–Kier alpha value is -2.31. The smallest absolute Gasteiger partial charge is 0.160 e. The maximum absolute atomic E-state index is 13.6. The Bertz CT molecular complexity index is 815. The monoisotopic (exact) mass is 314 g/mol. The van der Waals surface area contributed by atoms with Gasteiger partial charge in [0.2, 0.25) is 0 Å². The summed E-state index contributed by atoms with van der Waals surface area (Å²) in [6.07, 6.45) is 1.80. The molecule has 23 heavy (non-hydrogen) atoms. The molecule has 0 spiro atoms. The van der Waals surface area contributed by atoms with Gasteiger partial charge in [-0.15, -0.1) is 0 Å².